The van der Waals surface area contributed by atoms with E-state index in [4.69, 9.17) is 0 Å². The zero-order valence-corrected chi connectivity index (χ0v) is 8.33. The van der Waals surface area contributed by atoms with Crippen LogP contribution in [0, 0.1) is 0 Å². The minimum Gasteiger partial charge on any atom is -0.386 e. The van der Waals surface area contributed by atoms with E-state index >= 15 is 0 Å². The maximum absolute atomic E-state index is 9.73. The first-order chi connectivity index (χ1) is 6.04. The Kier molecular flexibility index (Phi) is 2.88. The molecule has 72 valence electrons. The van der Waals surface area contributed by atoms with E-state index in [1.807, 2.05) is 19.1 Å². The van der Waals surface area contributed by atoms with Crippen molar-refractivity contribution in [1.29, 1.82) is 0 Å². The Morgan fingerprint density at radius 2 is 2.23 bits per heavy atom. The first kappa shape index (κ1) is 9.99. The molecule has 3 heteroatoms. The Bertz CT molecular complexity index is 278. The number of aromatic nitrogens is 1. The molecule has 0 aromatic carbocycles. The molecular formula is C10H16N2O. The SMILES string of the molecule is CCNc1cc(C(C)(C)O)ccn1. The highest BCUT2D eigenvalue weighted by Gasteiger charge is 2.15. The van der Waals surface area contributed by atoms with Gasteiger partial charge in [0.15, 0.2) is 0 Å². The molecular weight excluding hydrogens is 164 g/mol. The zero-order valence-electron chi connectivity index (χ0n) is 8.33. The van der Waals surface area contributed by atoms with Crippen molar-refractivity contribution < 1.29 is 5.11 Å². The molecule has 0 radical (unpaired) electrons. The fourth-order valence-corrected chi connectivity index (χ4v) is 1.09. The largest absolute Gasteiger partial charge is 0.386 e. The molecule has 13 heavy (non-hydrogen) atoms. The van der Waals surface area contributed by atoms with E-state index in [0.717, 1.165) is 17.9 Å². The second-order valence-corrected chi connectivity index (χ2v) is 3.52. The number of nitrogens with one attached hydrogen (secondary N) is 1. The summed E-state index contributed by atoms with van der Waals surface area (Å²) in [6.07, 6.45) is 1.70. The molecule has 0 fully saturated rings. The molecule has 0 unspecified atom stereocenters. The van der Waals surface area contributed by atoms with Gasteiger partial charge in [-0.25, -0.2) is 4.98 Å². The molecule has 1 rings (SSSR count). The van der Waals surface area contributed by atoms with E-state index < -0.39 is 5.60 Å². The van der Waals surface area contributed by atoms with E-state index in [2.05, 4.69) is 10.3 Å². The van der Waals surface area contributed by atoms with Gasteiger partial charge in [-0.3, -0.25) is 0 Å². The van der Waals surface area contributed by atoms with Crippen LogP contribution in [0.25, 0.3) is 0 Å². The third kappa shape index (κ3) is 2.70. The predicted molar refractivity (Wildman–Crippen MR) is 53.6 cm³/mol. The number of pyridine rings is 1. The monoisotopic (exact) mass is 180 g/mol. The van der Waals surface area contributed by atoms with Crippen molar-refractivity contribution in [2.75, 3.05) is 11.9 Å². The lowest BCUT2D eigenvalue weighted by Gasteiger charge is -2.18. The first-order valence-electron chi connectivity index (χ1n) is 4.47. The maximum atomic E-state index is 9.73. The van der Waals surface area contributed by atoms with Gasteiger partial charge in [-0.1, -0.05) is 0 Å². The average Bonchev–Trinajstić information content (AvgIpc) is 2.04. The van der Waals surface area contributed by atoms with Crippen LogP contribution in [-0.2, 0) is 5.60 Å². The van der Waals surface area contributed by atoms with Crippen LogP contribution < -0.4 is 5.32 Å². The summed E-state index contributed by atoms with van der Waals surface area (Å²) in [6.45, 7) is 6.37. The molecule has 0 bridgehead atoms. The van der Waals surface area contributed by atoms with Crippen molar-refractivity contribution in [3.63, 3.8) is 0 Å². The first-order valence-corrected chi connectivity index (χ1v) is 4.47. The summed E-state index contributed by atoms with van der Waals surface area (Å²) in [7, 11) is 0. The molecule has 0 spiro atoms. The molecule has 0 aliphatic heterocycles. The van der Waals surface area contributed by atoms with Crippen LogP contribution in [0.15, 0.2) is 18.3 Å². The predicted octanol–water partition coefficient (Wildman–Crippen LogP) is 1.74. The molecule has 0 saturated carbocycles. The van der Waals surface area contributed by atoms with Crippen molar-refractivity contribution in [1.82, 2.24) is 4.98 Å². The summed E-state index contributed by atoms with van der Waals surface area (Å²) in [4.78, 5) is 4.12. The number of nitrogens with zero attached hydrogens (tertiary/aromatic N) is 1. The van der Waals surface area contributed by atoms with Gasteiger partial charge >= 0.3 is 0 Å². The molecule has 0 saturated heterocycles. The van der Waals surface area contributed by atoms with E-state index in [9.17, 15) is 5.11 Å². The van der Waals surface area contributed by atoms with Crippen molar-refractivity contribution in [3.05, 3.63) is 23.9 Å². The van der Waals surface area contributed by atoms with Crippen LogP contribution in [0.1, 0.15) is 26.3 Å². The van der Waals surface area contributed by atoms with Gasteiger partial charge in [-0.05, 0) is 38.5 Å². The van der Waals surface area contributed by atoms with Gasteiger partial charge in [0.1, 0.15) is 5.82 Å². The molecule has 0 atom stereocenters. The standard InChI is InChI=1S/C10H16N2O/c1-4-11-9-7-8(5-6-12-9)10(2,3)13/h5-7,13H,4H2,1-3H3,(H,11,12). The highest BCUT2D eigenvalue weighted by atomic mass is 16.3. The lowest BCUT2D eigenvalue weighted by molar-refractivity contribution is 0.0785. The molecule has 2 N–H and O–H groups in total. The highest BCUT2D eigenvalue weighted by molar-refractivity contribution is 5.38. The van der Waals surface area contributed by atoms with Gasteiger partial charge in [0.05, 0.1) is 5.60 Å². The summed E-state index contributed by atoms with van der Waals surface area (Å²) in [6, 6.07) is 3.68. The molecule has 1 aromatic heterocycles. The van der Waals surface area contributed by atoms with E-state index in [1.54, 1.807) is 20.0 Å². The quantitative estimate of drug-likeness (QED) is 0.744. The van der Waals surface area contributed by atoms with Crippen LogP contribution >= 0.6 is 0 Å². The van der Waals surface area contributed by atoms with Crippen molar-refractivity contribution >= 4 is 5.82 Å². The van der Waals surface area contributed by atoms with Crippen LogP contribution in [0.3, 0.4) is 0 Å². The van der Waals surface area contributed by atoms with E-state index in [0.29, 0.717) is 0 Å². The Morgan fingerprint density at radius 3 is 2.77 bits per heavy atom. The summed E-state index contributed by atoms with van der Waals surface area (Å²) in [5.74, 6) is 0.808. The van der Waals surface area contributed by atoms with Gasteiger partial charge in [0.2, 0.25) is 0 Å². The number of hydrogen-bond acceptors (Lipinski definition) is 3. The summed E-state index contributed by atoms with van der Waals surface area (Å²) in [5.41, 5.74) is 0.0751. The van der Waals surface area contributed by atoms with Crippen LogP contribution in [-0.4, -0.2) is 16.6 Å². The van der Waals surface area contributed by atoms with Crippen molar-refractivity contribution in [3.8, 4) is 0 Å². The van der Waals surface area contributed by atoms with Crippen LogP contribution in [0.4, 0.5) is 5.82 Å². The number of hydrogen-bond donors (Lipinski definition) is 2. The zero-order chi connectivity index (χ0) is 9.90. The number of anilines is 1. The lowest BCUT2D eigenvalue weighted by atomic mass is 10.00. The maximum Gasteiger partial charge on any atom is 0.126 e. The summed E-state index contributed by atoms with van der Waals surface area (Å²) in [5, 5.41) is 12.8. The molecule has 0 aliphatic rings. The van der Waals surface area contributed by atoms with Crippen molar-refractivity contribution in [2.24, 2.45) is 0 Å². The van der Waals surface area contributed by atoms with Crippen LogP contribution in [0.2, 0.25) is 0 Å². The smallest absolute Gasteiger partial charge is 0.126 e. The minimum atomic E-state index is -0.799. The van der Waals surface area contributed by atoms with E-state index in [-0.39, 0.29) is 0 Å². The number of aliphatic hydroxyl groups is 1. The van der Waals surface area contributed by atoms with Crippen molar-refractivity contribution in [2.45, 2.75) is 26.4 Å². The van der Waals surface area contributed by atoms with Gasteiger partial charge in [0, 0.05) is 12.7 Å². The fraction of sp³-hybridized carbons (Fsp3) is 0.500. The Morgan fingerprint density at radius 1 is 1.54 bits per heavy atom. The Labute approximate surface area is 78.8 Å². The molecule has 0 aliphatic carbocycles. The summed E-state index contributed by atoms with van der Waals surface area (Å²) < 4.78 is 0. The molecule has 1 heterocycles. The average molecular weight is 180 g/mol. The third-order valence-electron chi connectivity index (χ3n) is 1.82. The van der Waals surface area contributed by atoms with Gasteiger partial charge in [-0.2, -0.15) is 0 Å². The van der Waals surface area contributed by atoms with Gasteiger partial charge in [0.25, 0.3) is 0 Å². The second-order valence-electron chi connectivity index (χ2n) is 3.52. The minimum absolute atomic E-state index is 0.799. The Balaban J connectivity index is 2.92. The topological polar surface area (TPSA) is 45.1 Å². The van der Waals surface area contributed by atoms with Crippen LogP contribution in [0.5, 0.6) is 0 Å². The Hall–Kier alpha value is -1.09. The summed E-state index contributed by atoms with van der Waals surface area (Å²) >= 11 is 0. The van der Waals surface area contributed by atoms with Gasteiger partial charge < -0.3 is 10.4 Å². The molecule has 1 aromatic rings. The molecule has 0 amide bonds. The molecule has 3 nitrogen and oxygen atoms in total. The second kappa shape index (κ2) is 3.75. The third-order valence-corrected chi connectivity index (χ3v) is 1.82. The normalized spacial score (nSPS) is 11.4. The van der Waals surface area contributed by atoms with Gasteiger partial charge in [-0.15, -0.1) is 0 Å². The fourth-order valence-electron chi connectivity index (χ4n) is 1.09. The van der Waals surface area contributed by atoms with E-state index in [1.165, 1.54) is 0 Å². The number of rotatable bonds is 3. The lowest BCUT2D eigenvalue weighted by Crippen LogP contribution is -2.16. The highest BCUT2D eigenvalue weighted by Crippen LogP contribution is 2.20.